The zero-order valence-electron chi connectivity index (χ0n) is 13.7. The van der Waals surface area contributed by atoms with Crippen molar-refractivity contribution in [3.63, 3.8) is 0 Å². The van der Waals surface area contributed by atoms with Crippen molar-refractivity contribution >= 4 is 11.5 Å². The van der Waals surface area contributed by atoms with E-state index in [0.29, 0.717) is 0 Å². The van der Waals surface area contributed by atoms with Gasteiger partial charge in [0, 0.05) is 45.0 Å². The second-order valence-electron chi connectivity index (χ2n) is 5.92. The molecule has 8 heteroatoms. The van der Waals surface area contributed by atoms with E-state index in [4.69, 9.17) is 4.74 Å². The fraction of sp³-hybridized carbons (Fsp3) is 0.438. The van der Waals surface area contributed by atoms with Crippen LogP contribution >= 0.6 is 0 Å². The topological polar surface area (TPSA) is 72.5 Å². The van der Waals surface area contributed by atoms with E-state index in [1.54, 1.807) is 4.68 Å². The van der Waals surface area contributed by atoms with Gasteiger partial charge in [-0.3, -0.25) is 9.58 Å². The molecule has 3 aromatic rings. The summed E-state index contributed by atoms with van der Waals surface area (Å²) in [7, 11) is 1.90. The molecule has 1 aliphatic heterocycles. The molecule has 0 atom stereocenters. The Labute approximate surface area is 140 Å². The molecule has 3 aromatic heterocycles. The molecule has 8 nitrogen and oxygen atoms in total. The van der Waals surface area contributed by atoms with Gasteiger partial charge in [0.05, 0.1) is 31.3 Å². The van der Waals surface area contributed by atoms with Gasteiger partial charge in [-0.1, -0.05) is 0 Å². The average Bonchev–Trinajstić information content (AvgIpc) is 3.21. The molecule has 4 rings (SSSR count). The third-order valence-electron chi connectivity index (χ3n) is 4.20. The predicted octanol–water partition coefficient (Wildman–Crippen LogP) is 0.874. The number of imidazole rings is 1. The fourth-order valence-electron chi connectivity index (χ4n) is 2.88. The number of nitrogens with zero attached hydrogens (tertiary/aromatic N) is 6. The van der Waals surface area contributed by atoms with Gasteiger partial charge in [0.15, 0.2) is 5.65 Å². The smallest absolute Gasteiger partial charge is 0.154 e. The average molecular weight is 327 g/mol. The van der Waals surface area contributed by atoms with E-state index in [-0.39, 0.29) is 0 Å². The molecule has 4 heterocycles. The van der Waals surface area contributed by atoms with E-state index in [1.165, 1.54) is 0 Å². The number of morpholine rings is 1. The molecular weight excluding hydrogens is 306 g/mol. The number of hydrogen-bond acceptors (Lipinski definition) is 6. The molecule has 0 bridgehead atoms. The number of anilines is 1. The van der Waals surface area contributed by atoms with E-state index in [9.17, 15) is 0 Å². The second kappa shape index (κ2) is 6.58. The summed E-state index contributed by atoms with van der Waals surface area (Å²) in [5.74, 6) is 0.846. The van der Waals surface area contributed by atoms with Gasteiger partial charge < -0.3 is 10.1 Å². The first-order valence-corrected chi connectivity index (χ1v) is 8.17. The Balaban J connectivity index is 1.48. The highest BCUT2D eigenvalue weighted by Crippen LogP contribution is 2.19. The summed E-state index contributed by atoms with van der Waals surface area (Å²) >= 11 is 0. The lowest BCUT2D eigenvalue weighted by atomic mass is 10.3. The fourth-order valence-corrected chi connectivity index (χ4v) is 2.88. The van der Waals surface area contributed by atoms with Crippen LogP contribution in [0.3, 0.4) is 0 Å². The van der Waals surface area contributed by atoms with Gasteiger partial charge in [0.1, 0.15) is 5.82 Å². The molecule has 1 aliphatic rings. The second-order valence-corrected chi connectivity index (χ2v) is 5.92. The number of rotatable bonds is 5. The minimum atomic E-state index is 0.826. The molecule has 1 N–H and O–H groups in total. The summed E-state index contributed by atoms with van der Waals surface area (Å²) < 4.78 is 9.00. The van der Waals surface area contributed by atoms with Crippen molar-refractivity contribution in [1.29, 1.82) is 0 Å². The first-order valence-electron chi connectivity index (χ1n) is 8.17. The first-order chi connectivity index (χ1) is 11.8. The molecule has 0 spiro atoms. The van der Waals surface area contributed by atoms with Crippen molar-refractivity contribution in [3.8, 4) is 11.3 Å². The highest BCUT2D eigenvalue weighted by atomic mass is 16.5. The summed E-state index contributed by atoms with van der Waals surface area (Å²) in [6, 6.07) is 3.94. The van der Waals surface area contributed by atoms with Gasteiger partial charge in [-0.25, -0.2) is 9.50 Å². The summed E-state index contributed by atoms with van der Waals surface area (Å²) in [4.78, 5) is 6.81. The number of fused-ring (bicyclic) bond motifs is 1. The highest BCUT2D eigenvalue weighted by Gasteiger charge is 2.11. The summed E-state index contributed by atoms with van der Waals surface area (Å²) in [6.45, 7) is 5.50. The van der Waals surface area contributed by atoms with Gasteiger partial charge in [-0.2, -0.15) is 5.10 Å². The zero-order valence-corrected chi connectivity index (χ0v) is 13.7. The van der Waals surface area contributed by atoms with Crippen LogP contribution in [0.1, 0.15) is 0 Å². The maximum atomic E-state index is 5.37. The van der Waals surface area contributed by atoms with Crippen molar-refractivity contribution < 1.29 is 4.74 Å². The van der Waals surface area contributed by atoms with Crippen LogP contribution in [0.15, 0.2) is 30.7 Å². The molecule has 0 radical (unpaired) electrons. The summed E-state index contributed by atoms with van der Waals surface area (Å²) in [6.07, 6.45) is 5.62. The van der Waals surface area contributed by atoms with E-state index in [0.717, 1.165) is 62.1 Å². The maximum Gasteiger partial charge on any atom is 0.154 e. The number of aromatic nitrogens is 5. The molecule has 0 unspecified atom stereocenters. The molecule has 0 aromatic carbocycles. The van der Waals surface area contributed by atoms with Crippen LogP contribution in [-0.2, 0) is 11.8 Å². The quantitative estimate of drug-likeness (QED) is 0.750. The minimum absolute atomic E-state index is 0.826. The van der Waals surface area contributed by atoms with Crippen molar-refractivity contribution in [2.45, 2.75) is 0 Å². The van der Waals surface area contributed by atoms with Crippen molar-refractivity contribution in [2.75, 3.05) is 44.7 Å². The van der Waals surface area contributed by atoms with Gasteiger partial charge in [-0.05, 0) is 12.1 Å². The van der Waals surface area contributed by atoms with Gasteiger partial charge in [0.2, 0.25) is 0 Å². The Morgan fingerprint density at radius 1 is 1.21 bits per heavy atom. The molecule has 1 fully saturated rings. The van der Waals surface area contributed by atoms with Gasteiger partial charge in [0.25, 0.3) is 0 Å². The first kappa shape index (κ1) is 15.1. The third-order valence-corrected chi connectivity index (χ3v) is 4.20. The zero-order chi connectivity index (χ0) is 16.4. The van der Waals surface area contributed by atoms with Crippen LogP contribution in [0.5, 0.6) is 0 Å². The largest absolute Gasteiger partial charge is 0.379 e. The number of ether oxygens (including phenoxy) is 1. The van der Waals surface area contributed by atoms with E-state index in [1.807, 2.05) is 42.3 Å². The Morgan fingerprint density at radius 2 is 2.08 bits per heavy atom. The normalized spacial score (nSPS) is 15.9. The van der Waals surface area contributed by atoms with Crippen molar-refractivity contribution in [3.05, 3.63) is 30.7 Å². The van der Waals surface area contributed by atoms with Crippen LogP contribution in [0.25, 0.3) is 16.9 Å². The molecule has 24 heavy (non-hydrogen) atoms. The van der Waals surface area contributed by atoms with Crippen LogP contribution in [-0.4, -0.2) is 68.7 Å². The number of hydrogen-bond donors (Lipinski definition) is 1. The Morgan fingerprint density at radius 3 is 2.88 bits per heavy atom. The van der Waals surface area contributed by atoms with Crippen LogP contribution in [0.4, 0.5) is 5.82 Å². The third kappa shape index (κ3) is 3.10. The standard InChI is InChI=1S/C16H21N7O/c1-21-12-13(10-19-21)14-11-18-16-3-2-15(20-23(14)16)17-4-5-22-6-8-24-9-7-22/h2-3,10-12H,4-9H2,1H3,(H,17,20). The molecule has 0 saturated carbocycles. The Kier molecular flexibility index (Phi) is 4.14. The molecule has 0 aliphatic carbocycles. The monoisotopic (exact) mass is 327 g/mol. The molecular formula is C16H21N7O. The van der Waals surface area contributed by atoms with Crippen LogP contribution in [0, 0.1) is 0 Å². The van der Waals surface area contributed by atoms with Crippen LogP contribution < -0.4 is 5.32 Å². The summed E-state index contributed by atoms with van der Waals surface area (Å²) in [5, 5.41) is 12.3. The van der Waals surface area contributed by atoms with Crippen molar-refractivity contribution in [2.24, 2.45) is 7.05 Å². The predicted molar refractivity (Wildman–Crippen MR) is 90.9 cm³/mol. The Hall–Kier alpha value is -2.45. The van der Waals surface area contributed by atoms with Gasteiger partial charge >= 0.3 is 0 Å². The lowest BCUT2D eigenvalue weighted by molar-refractivity contribution is 0.0398. The molecule has 1 saturated heterocycles. The van der Waals surface area contributed by atoms with Crippen molar-refractivity contribution in [1.82, 2.24) is 29.3 Å². The maximum absolute atomic E-state index is 5.37. The lowest BCUT2D eigenvalue weighted by Gasteiger charge is -2.26. The lowest BCUT2D eigenvalue weighted by Crippen LogP contribution is -2.39. The highest BCUT2D eigenvalue weighted by molar-refractivity contribution is 5.62. The SMILES string of the molecule is Cn1cc(-c2cnc3ccc(NCCN4CCOCC4)nn23)cn1. The number of nitrogens with one attached hydrogen (secondary N) is 1. The Bertz CT molecular complexity index is 819. The van der Waals surface area contributed by atoms with Crippen LogP contribution in [0.2, 0.25) is 0 Å². The molecule has 0 amide bonds. The minimum Gasteiger partial charge on any atom is -0.379 e. The van der Waals surface area contributed by atoms with E-state index >= 15 is 0 Å². The van der Waals surface area contributed by atoms with E-state index < -0.39 is 0 Å². The number of aryl methyl sites for hydroxylation is 1. The molecule has 126 valence electrons. The van der Waals surface area contributed by atoms with E-state index in [2.05, 4.69) is 25.4 Å². The van der Waals surface area contributed by atoms with Gasteiger partial charge in [-0.15, -0.1) is 5.10 Å². The summed E-state index contributed by atoms with van der Waals surface area (Å²) in [5.41, 5.74) is 2.77.